The Bertz CT molecular complexity index is 336. The van der Waals surface area contributed by atoms with Crippen LogP contribution in [0.15, 0.2) is 23.1 Å². The van der Waals surface area contributed by atoms with E-state index in [4.69, 9.17) is 11.6 Å². The van der Waals surface area contributed by atoms with Crippen LogP contribution >= 0.6 is 23.4 Å². The fourth-order valence-corrected chi connectivity index (χ4v) is 1.92. The van der Waals surface area contributed by atoms with Crippen LogP contribution in [0.2, 0.25) is 0 Å². The van der Waals surface area contributed by atoms with Gasteiger partial charge in [0.15, 0.2) is 5.78 Å². The number of rotatable bonds is 4. The van der Waals surface area contributed by atoms with E-state index >= 15 is 0 Å². The van der Waals surface area contributed by atoms with Gasteiger partial charge in [-0.1, -0.05) is 13.0 Å². The highest BCUT2D eigenvalue weighted by Gasteiger charge is 2.09. The van der Waals surface area contributed by atoms with E-state index in [1.54, 1.807) is 11.8 Å². The van der Waals surface area contributed by atoms with Gasteiger partial charge in [-0.25, -0.2) is 0 Å². The monoisotopic (exact) mass is 228 g/mol. The second-order valence-corrected chi connectivity index (χ2v) is 4.08. The molecule has 0 N–H and O–H groups in total. The van der Waals surface area contributed by atoms with Gasteiger partial charge in [0.05, 0.1) is 0 Å². The molecule has 0 unspecified atom stereocenters. The van der Waals surface area contributed by atoms with Crippen LogP contribution in [0, 0.1) is 0 Å². The Labute approximate surface area is 93.8 Å². The van der Waals surface area contributed by atoms with Gasteiger partial charge in [-0.2, -0.15) is 0 Å². The zero-order valence-electron chi connectivity index (χ0n) is 8.34. The first kappa shape index (κ1) is 11.6. The van der Waals surface area contributed by atoms with E-state index in [2.05, 4.69) is 0 Å². The smallest absolute Gasteiger partial charge is 0.162 e. The summed E-state index contributed by atoms with van der Waals surface area (Å²) in [4.78, 5) is 12.7. The molecule has 0 saturated carbocycles. The van der Waals surface area contributed by atoms with Crippen LogP contribution in [0.1, 0.15) is 29.3 Å². The lowest BCUT2D eigenvalue weighted by Gasteiger charge is -2.06. The standard InChI is InChI=1S/C11H13ClOS/c1-3-11(13)10-6-9(14-2)5-4-8(10)7-12/h4-6H,3,7H2,1-2H3. The molecule has 3 heteroatoms. The highest BCUT2D eigenvalue weighted by atomic mass is 35.5. The predicted molar refractivity (Wildman–Crippen MR) is 62.4 cm³/mol. The molecule has 0 radical (unpaired) electrons. The van der Waals surface area contributed by atoms with Gasteiger partial charge in [-0.3, -0.25) is 4.79 Å². The summed E-state index contributed by atoms with van der Waals surface area (Å²) in [7, 11) is 0. The number of Topliss-reactive ketones (excluding diaryl/α,β-unsaturated/α-hetero) is 1. The molecule has 1 aromatic carbocycles. The molecule has 0 bridgehead atoms. The molecule has 14 heavy (non-hydrogen) atoms. The third-order valence-corrected chi connectivity index (χ3v) is 3.10. The van der Waals surface area contributed by atoms with E-state index in [0.717, 1.165) is 16.0 Å². The Morgan fingerprint density at radius 1 is 1.50 bits per heavy atom. The number of ketones is 1. The molecule has 0 atom stereocenters. The van der Waals surface area contributed by atoms with Gasteiger partial charge in [0.2, 0.25) is 0 Å². The SMILES string of the molecule is CCC(=O)c1cc(SC)ccc1CCl. The number of benzene rings is 1. The van der Waals surface area contributed by atoms with Gasteiger partial charge < -0.3 is 0 Å². The van der Waals surface area contributed by atoms with Crippen LogP contribution in [-0.4, -0.2) is 12.0 Å². The second-order valence-electron chi connectivity index (χ2n) is 2.93. The Morgan fingerprint density at radius 2 is 2.21 bits per heavy atom. The molecule has 0 heterocycles. The normalized spacial score (nSPS) is 10.2. The molecule has 1 rings (SSSR count). The van der Waals surface area contributed by atoms with Gasteiger partial charge >= 0.3 is 0 Å². The molecule has 0 aliphatic carbocycles. The van der Waals surface area contributed by atoms with Crippen molar-refractivity contribution in [1.82, 2.24) is 0 Å². The first-order valence-corrected chi connectivity index (χ1v) is 6.25. The number of carbonyl (C=O) groups excluding carboxylic acids is 1. The molecule has 0 spiro atoms. The van der Waals surface area contributed by atoms with E-state index in [0.29, 0.717) is 12.3 Å². The molecule has 0 saturated heterocycles. The molecular weight excluding hydrogens is 216 g/mol. The first-order valence-electron chi connectivity index (χ1n) is 4.49. The summed E-state index contributed by atoms with van der Waals surface area (Å²) in [6, 6.07) is 5.85. The fourth-order valence-electron chi connectivity index (χ4n) is 1.25. The van der Waals surface area contributed by atoms with Crippen molar-refractivity contribution in [3.63, 3.8) is 0 Å². The largest absolute Gasteiger partial charge is 0.294 e. The molecule has 0 fully saturated rings. The van der Waals surface area contributed by atoms with Crippen molar-refractivity contribution in [1.29, 1.82) is 0 Å². The van der Waals surface area contributed by atoms with Gasteiger partial charge in [-0.15, -0.1) is 23.4 Å². The molecular formula is C11H13ClOS. The highest BCUT2D eigenvalue weighted by molar-refractivity contribution is 7.98. The zero-order valence-corrected chi connectivity index (χ0v) is 9.91. The van der Waals surface area contributed by atoms with Gasteiger partial charge in [0, 0.05) is 22.8 Å². The maximum Gasteiger partial charge on any atom is 0.162 e. The first-order chi connectivity index (χ1) is 6.72. The number of thioether (sulfide) groups is 1. The predicted octanol–water partition coefficient (Wildman–Crippen LogP) is 3.74. The number of hydrogen-bond donors (Lipinski definition) is 0. The van der Waals surface area contributed by atoms with Crippen LogP contribution in [0.5, 0.6) is 0 Å². The lowest BCUT2D eigenvalue weighted by atomic mass is 10.0. The molecule has 1 aromatic rings. The van der Waals surface area contributed by atoms with Crippen molar-refractivity contribution in [2.75, 3.05) is 6.26 Å². The van der Waals surface area contributed by atoms with Crippen molar-refractivity contribution in [3.05, 3.63) is 29.3 Å². The van der Waals surface area contributed by atoms with Crippen molar-refractivity contribution in [3.8, 4) is 0 Å². The molecule has 0 aliphatic rings. The Balaban J connectivity index is 3.14. The summed E-state index contributed by atoms with van der Waals surface area (Å²) >= 11 is 7.40. The number of carbonyl (C=O) groups is 1. The minimum Gasteiger partial charge on any atom is -0.294 e. The Hall–Kier alpha value is -0.470. The average molecular weight is 229 g/mol. The lowest BCUT2D eigenvalue weighted by Crippen LogP contribution is -2.01. The number of hydrogen-bond acceptors (Lipinski definition) is 2. The quantitative estimate of drug-likeness (QED) is 0.444. The summed E-state index contributed by atoms with van der Waals surface area (Å²) in [6.45, 7) is 1.87. The third-order valence-electron chi connectivity index (χ3n) is 2.08. The summed E-state index contributed by atoms with van der Waals surface area (Å²) in [6.07, 6.45) is 2.53. The summed E-state index contributed by atoms with van der Waals surface area (Å²) in [5, 5.41) is 0. The Kier molecular flexibility index (Phi) is 4.49. The molecule has 0 aliphatic heterocycles. The Morgan fingerprint density at radius 3 is 2.71 bits per heavy atom. The second kappa shape index (κ2) is 5.42. The average Bonchev–Trinajstić information content (AvgIpc) is 2.27. The molecule has 0 aromatic heterocycles. The highest BCUT2D eigenvalue weighted by Crippen LogP contribution is 2.21. The van der Waals surface area contributed by atoms with Crippen LogP contribution in [-0.2, 0) is 5.88 Å². The van der Waals surface area contributed by atoms with E-state index in [-0.39, 0.29) is 5.78 Å². The molecule has 1 nitrogen and oxygen atoms in total. The summed E-state index contributed by atoms with van der Waals surface area (Å²) in [5.74, 6) is 0.562. The van der Waals surface area contributed by atoms with E-state index in [1.807, 2.05) is 31.4 Å². The van der Waals surface area contributed by atoms with Crippen molar-refractivity contribution >= 4 is 29.1 Å². The number of alkyl halides is 1. The van der Waals surface area contributed by atoms with Crippen LogP contribution in [0.25, 0.3) is 0 Å². The maximum atomic E-state index is 11.6. The fraction of sp³-hybridized carbons (Fsp3) is 0.364. The van der Waals surface area contributed by atoms with Crippen LogP contribution in [0.3, 0.4) is 0 Å². The van der Waals surface area contributed by atoms with Gasteiger partial charge in [0.25, 0.3) is 0 Å². The minimum atomic E-state index is 0.163. The van der Waals surface area contributed by atoms with Crippen LogP contribution < -0.4 is 0 Å². The van der Waals surface area contributed by atoms with Crippen LogP contribution in [0.4, 0.5) is 0 Å². The minimum absolute atomic E-state index is 0.163. The topological polar surface area (TPSA) is 17.1 Å². The van der Waals surface area contributed by atoms with E-state index in [9.17, 15) is 4.79 Å². The number of halogens is 1. The van der Waals surface area contributed by atoms with Gasteiger partial charge in [0.1, 0.15) is 0 Å². The van der Waals surface area contributed by atoms with Crippen molar-refractivity contribution < 1.29 is 4.79 Å². The van der Waals surface area contributed by atoms with E-state index in [1.165, 1.54) is 0 Å². The van der Waals surface area contributed by atoms with Gasteiger partial charge in [-0.05, 0) is 24.0 Å². The lowest BCUT2D eigenvalue weighted by molar-refractivity contribution is 0.0987. The molecule has 76 valence electrons. The van der Waals surface area contributed by atoms with Crippen molar-refractivity contribution in [2.45, 2.75) is 24.1 Å². The summed E-state index contributed by atoms with van der Waals surface area (Å²) < 4.78 is 0. The van der Waals surface area contributed by atoms with E-state index < -0.39 is 0 Å². The molecule has 0 amide bonds. The summed E-state index contributed by atoms with van der Waals surface area (Å²) in [5.41, 5.74) is 1.70. The zero-order chi connectivity index (χ0) is 10.6. The maximum absolute atomic E-state index is 11.6. The van der Waals surface area contributed by atoms with Crippen molar-refractivity contribution in [2.24, 2.45) is 0 Å². The third kappa shape index (κ3) is 2.52.